The molecule has 4 rings (SSSR count). The fraction of sp³-hybridized carbons (Fsp3) is 0.500. The number of rotatable bonds is 7. The first-order chi connectivity index (χ1) is 14.7. The van der Waals surface area contributed by atoms with Gasteiger partial charge in [-0.25, -0.2) is 0 Å². The number of unbranched alkanes of at least 4 members (excludes halogenated alkanes) is 1. The molecule has 0 bridgehead atoms. The maximum atomic E-state index is 9.84. The van der Waals surface area contributed by atoms with Gasteiger partial charge in [-0.1, -0.05) is 68.9 Å². The fourth-order valence-electron chi connectivity index (χ4n) is 5.88. The van der Waals surface area contributed by atoms with E-state index < -0.39 is 0 Å². The van der Waals surface area contributed by atoms with E-state index in [-0.39, 0.29) is 0 Å². The van der Waals surface area contributed by atoms with Gasteiger partial charge in [0.1, 0.15) is 11.5 Å². The smallest absolute Gasteiger partial charge is 0.115 e. The van der Waals surface area contributed by atoms with Crippen molar-refractivity contribution in [2.45, 2.75) is 71.1 Å². The Labute approximate surface area is 181 Å². The highest BCUT2D eigenvalue weighted by atomic mass is 16.3. The maximum Gasteiger partial charge on any atom is 0.115 e. The van der Waals surface area contributed by atoms with Crippen LogP contribution in [0, 0.1) is 17.8 Å². The molecule has 0 spiro atoms. The van der Waals surface area contributed by atoms with Crippen LogP contribution in [-0.4, -0.2) is 10.2 Å². The Kier molecular flexibility index (Phi) is 6.82. The summed E-state index contributed by atoms with van der Waals surface area (Å²) in [5.74, 6) is 3.12. The molecule has 0 aliphatic heterocycles. The number of benzene rings is 2. The number of hydrogen-bond acceptors (Lipinski definition) is 2. The lowest BCUT2D eigenvalue weighted by Gasteiger charge is -2.23. The van der Waals surface area contributed by atoms with Crippen molar-refractivity contribution < 1.29 is 10.2 Å². The quantitative estimate of drug-likeness (QED) is 0.496. The average Bonchev–Trinajstić information content (AvgIpc) is 3.45. The molecule has 2 aliphatic carbocycles. The number of hydrogen-bond donors (Lipinski definition) is 2. The van der Waals surface area contributed by atoms with Crippen LogP contribution in [-0.2, 0) is 0 Å². The van der Waals surface area contributed by atoms with Crippen LogP contribution in [0.3, 0.4) is 0 Å². The molecular weight excluding hydrogens is 368 g/mol. The summed E-state index contributed by atoms with van der Waals surface area (Å²) in [7, 11) is 0. The average molecular weight is 405 g/mol. The second kappa shape index (κ2) is 9.73. The van der Waals surface area contributed by atoms with Crippen LogP contribution in [0.1, 0.15) is 82.3 Å². The predicted molar refractivity (Wildman–Crippen MR) is 125 cm³/mol. The van der Waals surface area contributed by atoms with Gasteiger partial charge in [-0.3, -0.25) is 0 Å². The van der Waals surface area contributed by atoms with Crippen molar-refractivity contribution in [2.24, 2.45) is 17.8 Å². The summed E-state index contributed by atoms with van der Waals surface area (Å²) in [6.07, 6.45) is 13.3. The summed E-state index contributed by atoms with van der Waals surface area (Å²) in [6.45, 7) is 2.27. The van der Waals surface area contributed by atoms with Gasteiger partial charge < -0.3 is 10.2 Å². The van der Waals surface area contributed by atoms with Crippen LogP contribution in [0.2, 0.25) is 0 Å². The van der Waals surface area contributed by atoms with E-state index in [4.69, 9.17) is 0 Å². The fourth-order valence-corrected chi connectivity index (χ4v) is 5.88. The Hall–Kier alpha value is -2.22. The minimum atomic E-state index is 0.307. The van der Waals surface area contributed by atoms with E-state index in [1.165, 1.54) is 74.5 Å². The molecule has 2 aromatic carbocycles. The van der Waals surface area contributed by atoms with Crippen molar-refractivity contribution in [1.29, 1.82) is 0 Å². The molecule has 0 amide bonds. The molecule has 0 heterocycles. The molecule has 0 saturated heterocycles. The Morgan fingerprint density at radius 2 is 1.33 bits per heavy atom. The third-order valence-electron chi connectivity index (χ3n) is 7.47. The second-order valence-electron chi connectivity index (χ2n) is 9.41. The van der Waals surface area contributed by atoms with Crippen LogP contribution in [0.5, 0.6) is 11.5 Å². The molecule has 2 aliphatic rings. The SMILES string of the molecule is CCCCC(=C(c1ccc(O)cc1)c1ccc(O)cc1)C1CCC(C2CCCC2)C1. The van der Waals surface area contributed by atoms with Crippen molar-refractivity contribution in [2.75, 3.05) is 0 Å². The van der Waals surface area contributed by atoms with Crippen molar-refractivity contribution in [3.05, 3.63) is 65.2 Å². The van der Waals surface area contributed by atoms with E-state index in [1.54, 1.807) is 29.8 Å². The lowest BCUT2D eigenvalue weighted by atomic mass is 9.81. The predicted octanol–water partition coefficient (Wildman–Crippen LogP) is 7.70. The summed E-state index contributed by atoms with van der Waals surface area (Å²) < 4.78 is 0. The van der Waals surface area contributed by atoms with Gasteiger partial charge in [-0.15, -0.1) is 0 Å². The third kappa shape index (κ3) is 4.74. The Morgan fingerprint density at radius 3 is 1.87 bits per heavy atom. The first-order valence-corrected chi connectivity index (χ1v) is 12.0. The van der Waals surface area contributed by atoms with Gasteiger partial charge in [0.15, 0.2) is 0 Å². The number of allylic oxidation sites excluding steroid dienone is 1. The van der Waals surface area contributed by atoms with E-state index >= 15 is 0 Å². The summed E-state index contributed by atoms with van der Waals surface area (Å²) in [5, 5.41) is 19.7. The number of aromatic hydroxyl groups is 2. The number of phenolic OH excluding ortho intramolecular Hbond substituents is 2. The molecule has 2 saturated carbocycles. The monoisotopic (exact) mass is 404 g/mol. The molecule has 2 nitrogen and oxygen atoms in total. The van der Waals surface area contributed by atoms with Crippen LogP contribution >= 0.6 is 0 Å². The zero-order valence-corrected chi connectivity index (χ0v) is 18.3. The van der Waals surface area contributed by atoms with Crippen LogP contribution in [0.4, 0.5) is 0 Å². The standard InChI is InChI=1S/C28H36O2/c1-2-3-8-27(24-10-9-23(19-24)20-6-4-5-7-20)28(21-11-15-25(29)16-12-21)22-13-17-26(30)18-14-22/h11-18,20,23-24,29-30H,2-10,19H2,1H3. The van der Waals surface area contributed by atoms with Crippen molar-refractivity contribution in [3.63, 3.8) is 0 Å². The van der Waals surface area contributed by atoms with Crippen LogP contribution in [0.25, 0.3) is 5.57 Å². The van der Waals surface area contributed by atoms with Gasteiger partial charge >= 0.3 is 0 Å². The Balaban J connectivity index is 1.74. The van der Waals surface area contributed by atoms with Gasteiger partial charge in [0, 0.05) is 0 Å². The normalized spacial score (nSPS) is 21.8. The Morgan fingerprint density at radius 1 is 0.767 bits per heavy atom. The zero-order chi connectivity index (χ0) is 20.9. The van der Waals surface area contributed by atoms with E-state index in [9.17, 15) is 10.2 Å². The summed E-state index contributed by atoms with van der Waals surface area (Å²) >= 11 is 0. The summed E-state index contributed by atoms with van der Waals surface area (Å²) in [4.78, 5) is 0. The van der Waals surface area contributed by atoms with E-state index in [1.807, 2.05) is 24.3 Å². The molecule has 0 radical (unpaired) electrons. The molecule has 2 heteroatoms. The molecule has 2 atom stereocenters. The van der Waals surface area contributed by atoms with Gasteiger partial charge in [0.25, 0.3) is 0 Å². The van der Waals surface area contributed by atoms with Gasteiger partial charge in [-0.2, -0.15) is 0 Å². The van der Waals surface area contributed by atoms with Gasteiger partial charge in [0.2, 0.25) is 0 Å². The van der Waals surface area contributed by atoms with Crippen molar-refractivity contribution in [3.8, 4) is 11.5 Å². The lowest BCUT2D eigenvalue weighted by Crippen LogP contribution is -2.10. The highest BCUT2D eigenvalue weighted by Crippen LogP contribution is 2.48. The first-order valence-electron chi connectivity index (χ1n) is 12.0. The molecule has 2 unspecified atom stereocenters. The third-order valence-corrected chi connectivity index (χ3v) is 7.47. The van der Waals surface area contributed by atoms with Gasteiger partial charge in [0.05, 0.1) is 0 Å². The van der Waals surface area contributed by atoms with Crippen LogP contribution < -0.4 is 0 Å². The molecule has 2 N–H and O–H groups in total. The van der Waals surface area contributed by atoms with Crippen LogP contribution in [0.15, 0.2) is 54.1 Å². The molecule has 2 aromatic rings. The summed E-state index contributed by atoms with van der Waals surface area (Å²) in [6, 6.07) is 15.4. The van der Waals surface area contributed by atoms with E-state index in [0.29, 0.717) is 17.4 Å². The summed E-state index contributed by atoms with van der Waals surface area (Å²) in [5.41, 5.74) is 5.26. The largest absolute Gasteiger partial charge is 0.508 e. The van der Waals surface area contributed by atoms with Gasteiger partial charge in [-0.05, 0) is 90.8 Å². The molecule has 0 aromatic heterocycles. The molecule has 30 heavy (non-hydrogen) atoms. The highest BCUT2D eigenvalue weighted by Gasteiger charge is 2.34. The Bertz CT molecular complexity index is 794. The molecule has 160 valence electrons. The molecule has 2 fully saturated rings. The number of phenols is 2. The first kappa shape index (κ1) is 21.0. The van der Waals surface area contributed by atoms with Crippen molar-refractivity contribution >= 4 is 5.57 Å². The minimum Gasteiger partial charge on any atom is -0.508 e. The second-order valence-corrected chi connectivity index (χ2v) is 9.41. The minimum absolute atomic E-state index is 0.307. The highest BCUT2D eigenvalue weighted by molar-refractivity contribution is 5.83. The van der Waals surface area contributed by atoms with Crippen molar-refractivity contribution in [1.82, 2.24) is 0 Å². The van der Waals surface area contributed by atoms with E-state index in [0.717, 1.165) is 18.3 Å². The molecular formula is C28H36O2. The van der Waals surface area contributed by atoms with E-state index in [2.05, 4.69) is 6.92 Å². The lowest BCUT2D eigenvalue weighted by molar-refractivity contribution is 0.339. The maximum absolute atomic E-state index is 9.84. The topological polar surface area (TPSA) is 40.5 Å². The zero-order valence-electron chi connectivity index (χ0n) is 18.3.